The summed E-state index contributed by atoms with van der Waals surface area (Å²) in [6.45, 7) is 6.03. The molecule has 6 heteroatoms. The second kappa shape index (κ2) is 9.53. The molecule has 0 bridgehead atoms. The van der Waals surface area contributed by atoms with Crippen LogP contribution in [-0.2, 0) is 11.2 Å². The van der Waals surface area contributed by atoms with E-state index >= 15 is 0 Å². The van der Waals surface area contributed by atoms with E-state index in [0.717, 1.165) is 57.4 Å². The average Bonchev–Trinajstić information content (AvgIpc) is 3.29. The lowest BCUT2D eigenvalue weighted by Crippen LogP contribution is -2.47. The Hall–Kier alpha value is -1.14. The quantitative estimate of drug-likeness (QED) is 0.622. The van der Waals surface area contributed by atoms with Gasteiger partial charge in [-0.3, -0.25) is 4.99 Å². The van der Waals surface area contributed by atoms with E-state index in [1.165, 1.54) is 35.6 Å². The van der Waals surface area contributed by atoms with Crippen molar-refractivity contribution in [2.45, 2.75) is 58.0 Å². The van der Waals surface area contributed by atoms with E-state index in [-0.39, 0.29) is 0 Å². The van der Waals surface area contributed by atoms with Gasteiger partial charge in [0.15, 0.2) is 5.96 Å². The van der Waals surface area contributed by atoms with Gasteiger partial charge in [-0.2, -0.15) is 0 Å². The minimum absolute atomic E-state index is 0.438. The van der Waals surface area contributed by atoms with Crippen LogP contribution in [0.4, 0.5) is 0 Å². The van der Waals surface area contributed by atoms with Gasteiger partial charge in [0.2, 0.25) is 0 Å². The van der Waals surface area contributed by atoms with Crippen molar-refractivity contribution in [2.24, 2.45) is 10.9 Å². The summed E-state index contributed by atoms with van der Waals surface area (Å²) >= 11 is 1.78. The number of thiazole rings is 1. The molecule has 3 rings (SSSR count). The number of piperidine rings is 1. The predicted octanol–water partition coefficient (Wildman–Crippen LogP) is 3.24. The Morgan fingerprint density at radius 1 is 1.32 bits per heavy atom. The molecule has 2 aliphatic rings. The van der Waals surface area contributed by atoms with Gasteiger partial charge in [-0.05, 0) is 38.5 Å². The molecule has 25 heavy (non-hydrogen) atoms. The minimum atomic E-state index is 0.438. The third kappa shape index (κ3) is 5.68. The van der Waals surface area contributed by atoms with Gasteiger partial charge in [-0.25, -0.2) is 4.98 Å². The van der Waals surface area contributed by atoms with Gasteiger partial charge in [0, 0.05) is 50.8 Å². The topological polar surface area (TPSA) is 49.8 Å². The molecule has 0 amide bonds. The predicted molar refractivity (Wildman–Crippen MR) is 104 cm³/mol. The maximum absolute atomic E-state index is 6.18. The fourth-order valence-corrected chi connectivity index (χ4v) is 4.60. The molecule has 0 spiro atoms. The molecular weight excluding hydrogens is 332 g/mol. The smallest absolute Gasteiger partial charge is 0.193 e. The Bertz CT molecular complexity index is 545. The highest BCUT2D eigenvalue weighted by Gasteiger charge is 2.23. The highest BCUT2D eigenvalue weighted by Crippen LogP contribution is 2.26. The fraction of sp³-hybridized carbons (Fsp3) is 0.789. The molecule has 5 nitrogen and oxygen atoms in total. The summed E-state index contributed by atoms with van der Waals surface area (Å²) in [4.78, 5) is 12.5. The number of nitrogens with one attached hydrogen (secondary N) is 1. The molecule has 2 fully saturated rings. The Balaban J connectivity index is 1.35. The van der Waals surface area contributed by atoms with E-state index in [4.69, 9.17) is 4.74 Å². The molecule has 0 aromatic carbocycles. The lowest BCUT2D eigenvalue weighted by molar-refractivity contribution is 0.00103. The second-order valence-electron chi connectivity index (χ2n) is 7.26. The van der Waals surface area contributed by atoms with Crippen LogP contribution in [-0.4, -0.2) is 55.2 Å². The molecule has 1 N–H and O–H groups in total. The molecule has 1 saturated carbocycles. The van der Waals surface area contributed by atoms with Crippen LogP contribution in [0.1, 0.15) is 48.4 Å². The lowest BCUT2D eigenvalue weighted by atomic mass is 10.1. The summed E-state index contributed by atoms with van der Waals surface area (Å²) in [6.07, 6.45) is 11.1. The van der Waals surface area contributed by atoms with Crippen molar-refractivity contribution >= 4 is 17.3 Å². The number of rotatable bonds is 6. The van der Waals surface area contributed by atoms with Crippen LogP contribution < -0.4 is 5.32 Å². The largest absolute Gasteiger partial charge is 0.378 e. The number of hydrogen-bond acceptors (Lipinski definition) is 4. The SMILES string of the molecule is CN=C(NCCc1ncc(C)s1)N1CCC(OCC2CCCC2)CC1. The number of likely N-dealkylation sites (tertiary alicyclic amines) is 1. The van der Waals surface area contributed by atoms with Crippen LogP contribution >= 0.6 is 11.3 Å². The van der Waals surface area contributed by atoms with E-state index < -0.39 is 0 Å². The van der Waals surface area contributed by atoms with Gasteiger partial charge >= 0.3 is 0 Å². The highest BCUT2D eigenvalue weighted by molar-refractivity contribution is 7.11. The third-order valence-electron chi connectivity index (χ3n) is 5.29. The maximum Gasteiger partial charge on any atom is 0.193 e. The van der Waals surface area contributed by atoms with Crippen LogP contribution in [0.3, 0.4) is 0 Å². The summed E-state index contributed by atoms with van der Waals surface area (Å²) in [5.41, 5.74) is 0. The molecule has 0 radical (unpaired) electrons. The fourth-order valence-electron chi connectivity index (χ4n) is 3.81. The van der Waals surface area contributed by atoms with Gasteiger partial charge in [0.05, 0.1) is 11.1 Å². The molecule has 2 heterocycles. The number of nitrogens with zero attached hydrogens (tertiary/aromatic N) is 3. The van der Waals surface area contributed by atoms with Crippen molar-refractivity contribution in [3.63, 3.8) is 0 Å². The lowest BCUT2D eigenvalue weighted by Gasteiger charge is -2.34. The Kier molecular flexibility index (Phi) is 7.11. The van der Waals surface area contributed by atoms with Crippen molar-refractivity contribution in [1.82, 2.24) is 15.2 Å². The Labute approximate surface area is 155 Å². The monoisotopic (exact) mass is 364 g/mol. The van der Waals surface area contributed by atoms with E-state index in [1.807, 2.05) is 13.2 Å². The number of aryl methyl sites for hydroxylation is 1. The first-order chi connectivity index (χ1) is 12.2. The van der Waals surface area contributed by atoms with Crippen molar-refractivity contribution in [1.29, 1.82) is 0 Å². The molecule has 1 aliphatic carbocycles. The molecular formula is C19H32N4OS. The first kappa shape index (κ1) is 18.6. The Morgan fingerprint density at radius 3 is 2.72 bits per heavy atom. The van der Waals surface area contributed by atoms with Crippen LogP contribution in [0.5, 0.6) is 0 Å². The molecule has 1 aromatic heterocycles. The molecule has 1 aromatic rings. The molecule has 0 unspecified atom stereocenters. The highest BCUT2D eigenvalue weighted by atomic mass is 32.1. The maximum atomic E-state index is 6.18. The van der Waals surface area contributed by atoms with Crippen molar-refractivity contribution < 1.29 is 4.74 Å². The number of aliphatic imine (C=N–C) groups is 1. The summed E-state index contributed by atoms with van der Waals surface area (Å²) in [7, 11) is 1.87. The van der Waals surface area contributed by atoms with Crippen molar-refractivity contribution in [2.75, 3.05) is 33.3 Å². The standard InChI is InChI=1S/C19H32N4OS/c1-15-13-22-18(25-15)7-10-21-19(20-2)23-11-8-17(9-12-23)24-14-16-5-3-4-6-16/h13,16-17H,3-12,14H2,1-2H3,(H,20,21). The zero-order valence-corrected chi connectivity index (χ0v) is 16.5. The van der Waals surface area contributed by atoms with Gasteiger partial charge in [0.25, 0.3) is 0 Å². The first-order valence-corrected chi connectivity index (χ1v) is 10.5. The van der Waals surface area contributed by atoms with Crippen LogP contribution in [0.15, 0.2) is 11.2 Å². The third-order valence-corrected chi connectivity index (χ3v) is 6.26. The normalized spacial score (nSPS) is 20.4. The number of ether oxygens (including phenoxy) is 1. The summed E-state index contributed by atoms with van der Waals surface area (Å²) in [5.74, 6) is 1.84. The van der Waals surface area contributed by atoms with Crippen LogP contribution in [0, 0.1) is 12.8 Å². The zero-order valence-electron chi connectivity index (χ0n) is 15.7. The first-order valence-electron chi connectivity index (χ1n) is 9.73. The van der Waals surface area contributed by atoms with Crippen LogP contribution in [0.2, 0.25) is 0 Å². The molecule has 1 aliphatic heterocycles. The Morgan fingerprint density at radius 2 is 2.08 bits per heavy atom. The van der Waals surface area contributed by atoms with E-state index in [2.05, 4.69) is 27.1 Å². The molecule has 0 atom stereocenters. The van der Waals surface area contributed by atoms with E-state index in [1.54, 1.807) is 11.3 Å². The second-order valence-corrected chi connectivity index (χ2v) is 8.58. The van der Waals surface area contributed by atoms with Gasteiger partial charge in [0.1, 0.15) is 0 Å². The van der Waals surface area contributed by atoms with Crippen molar-refractivity contribution in [3.05, 3.63) is 16.1 Å². The zero-order chi connectivity index (χ0) is 17.5. The number of guanidine groups is 1. The summed E-state index contributed by atoms with van der Waals surface area (Å²) < 4.78 is 6.18. The average molecular weight is 365 g/mol. The minimum Gasteiger partial charge on any atom is -0.378 e. The van der Waals surface area contributed by atoms with Gasteiger partial charge in [-0.1, -0.05) is 12.8 Å². The van der Waals surface area contributed by atoms with Crippen molar-refractivity contribution in [3.8, 4) is 0 Å². The summed E-state index contributed by atoms with van der Waals surface area (Å²) in [5, 5.41) is 4.68. The van der Waals surface area contributed by atoms with E-state index in [0.29, 0.717) is 6.10 Å². The summed E-state index contributed by atoms with van der Waals surface area (Å²) in [6, 6.07) is 0. The molecule has 140 valence electrons. The van der Waals surface area contributed by atoms with Gasteiger partial charge in [-0.15, -0.1) is 11.3 Å². The number of aromatic nitrogens is 1. The van der Waals surface area contributed by atoms with Gasteiger partial charge < -0.3 is 15.0 Å². The molecule has 1 saturated heterocycles. The van der Waals surface area contributed by atoms with E-state index in [9.17, 15) is 0 Å². The van der Waals surface area contributed by atoms with Crippen LogP contribution in [0.25, 0.3) is 0 Å². The number of hydrogen-bond donors (Lipinski definition) is 1.